The van der Waals surface area contributed by atoms with E-state index < -0.39 is 0 Å². The van der Waals surface area contributed by atoms with Gasteiger partial charge in [-0.25, -0.2) is 0 Å². The molecule has 3 unspecified atom stereocenters. The number of halogens is 3. The number of hydrogen-bond acceptors (Lipinski definition) is 9. The predicted octanol–water partition coefficient (Wildman–Crippen LogP) is 7.70. The van der Waals surface area contributed by atoms with Crippen molar-refractivity contribution in [3.8, 4) is 0 Å². The molecule has 14 nitrogen and oxygen atoms in total. The minimum Gasteiger partial charge on any atom is -0.399 e. The van der Waals surface area contributed by atoms with Crippen LogP contribution >= 0.6 is 34.8 Å². The first-order chi connectivity index (χ1) is 32.1. The lowest BCUT2D eigenvalue weighted by Crippen LogP contribution is -2.52. The molecule has 6 rings (SSSR count). The second-order valence-electron chi connectivity index (χ2n) is 18.3. The van der Waals surface area contributed by atoms with Crippen LogP contribution in [0.4, 0.5) is 0 Å². The maximum atomic E-state index is 12.6. The van der Waals surface area contributed by atoms with Crippen LogP contribution in [0.5, 0.6) is 0 Å². The average molecular weight is 991 g/mol. The highest BCUT2D eigenvalue weighted by Gasteiger charge is 2.36. The van der Waals surface area contributed by atoms with Crippen LogP contribution in [-0.4, -0.2) is 140 Å². The summed E-state index contributed by atoms with van der Waals surface area (Å²) in [5, 5.41) is 11.0. The lowest BCUT2D eigenvalue weighted by atomic mass is 9.90. The summed E-state index contributed by atoms with van der Waals surface area (Å²) < 4.78 is 0. The Bertz CT molecular complexity index is 1950. The third kappa shape index (κ3) is 17.5. The second-order valence-corrected chi connectivity index (χ2v) is 19.5. The van der Waals surface area contributed by atoms with E-state index in [9.17, 15) is 24.0 Å². The van der Waals surface area contributed by atoms with Crippen molar-refractivity contribution in [1.82, 2.24) is 30.2 Å². The number of nitrogens with one attached hydrogen (secondary N) is 2. The Balaban J connectivity index is 0.000000222. The van der Waals surface area contributed by atoms with E-state index in [1.54, 1.807) is 37.4 Å². The van der Waals surface area contributed by atoms with E-state index in [4.69, 9.17) is 45.4 Å². The van der Waals surface area contributed by atoms with Gasteiger partial charge in [-0.2, -0.15) is 0 Å². The number of primary amides is 1. The summed E-state index contributed by atoms with van der Waals surface area (Å²) in [6.07, 6.45) is 10.9. The fourth-order valence-electron chi connectivity index (χ4n) is 9.66. The number of nitrogens with zero attached hydrogens (tertiary/aromatic N) is 5. The summed E-state index contributed by atoms with van der Waals surface area (Å²) >= 11 is 18.1. The zero-order valence-electron chi connectivity index (χ0n) is 40.6. The third-order valence-corrected chi connectivity index (χ3v) is 14.2. The Morgan fingerprint density at radius 3 is 1.78 bits per heavy atom. The fraction of sp³-hybridized carbons (Fsp3) is 0.640. The van der Waals surface area contributed by atoms with Gasteiger partial charge in [-0.3, -0.25) is 24.0 Å². The van der Waals surface area contributed by atoms with Crippen LogP contribution in [0.1, 0.15) is 125 Å². The van der Waals surface area contributed by atoms with Crippen molar-refractivity contribution in [1.29, 1.82) is 0 Å². The maximum Gasteiger partial charge on any atom is 0.251 e. The Hall–Kier alpha value is -3.95. The minimum absolute atomic E-state index is 0.0204. The SMILES string of the molecule is CCCN1CCC(N2CCCC(CC(=O)NC)C2=O)CC1.CCCN1CCC(N2CCCC(CC(N)=O)C2=O)CC1.CO/N=C(/CNC(=O)c1cc(C)cc(Cl)c1)C(C)c1ccc(Cl)c(Cl)c1. The molecule has 0 spiro atoms. The van der Waals surface area contributed by atoms with E-state index in [1.165, 1.54) is 26.5 Å². The quantitative estimate of drug-likeness (QED) is 0.114. The molecule has 0 bridgehead atoms. The van der Waals surface area contributed by atoms with Gasteiger partial charge >= 0.3 is 0 Å². The number of nitrogens with two attached hydrogens (primary N) is 1. The molecule has 0 aliphatic carbocycles. The van der Waals surface area contributed by atoms with Crippen LogP contribution in [-0.2, 0) is 24.0 Å². The summed E-state index contributed by atoms with van der Waals surface area (Å²) in [5.41, 5.74) is 8.22. The highest BCUT2D eigenvalue weighted by Crippen LogP contribution is 2.30. The van der Waals surface area contributed by atoms with Crippen molar-refractivity contribution in [2.45, 2.75) is 123 Å². The molecule has 4 saturated heterocycles. The standard InChI is InChI=1S/C19H19Cl3N2O2.C16H29N3O2.C15H27N3O2/c1-11-6-14(8-15(20)7-11)19(25)23-10-18(24-26-3)12(2)13-4-5-16(21)17(22)9-13;1-3-8-18-10-6-14(7-11-18)19-9-4-5-13(16(19)21)12-15(20)17-2;1-2-7-17-9-5-13(6-10-17)18-8-3-4-12(15(18)20)11-14(16)19/h4-9,12H,10H2,1-3H3,(H,23,25);13-14H,3-12H2,1-2H3,(H,17,20);12-13H,2-11H2,1H3,(H2,16,19)/b24-18-;;. The Kier molecular flexibility index (Phi) is 23.7. The van der Waals surface area contributed by atoms with Gasteiger partial charge in [0.2, 0.25) is 23.6 Å². The zero-order valence-corrected chi connectivity index (χ0v) is 42.9. The van der Waals surface area contributed by atoms with Crippen molar-refractivity contribution in [3.05, 3.63) is 68.2 Å². The van der Waals surface area contributed by atoms with E-state index in [0.717, 1.165) is 108 Å². The number of carbonyl (C=O) groups excluding carboxylic acids is 5. The third-order valence-electron chi connectivity index (χ3n) is 13.3. The molecule has 67 heavy (non-hydrogen) atoms. The molecule has 4 aliphatic rings. The molecule has 0 saturated carbocycles. The number of piperidine rings is 4. The van der Waals surface area contributed by atoms with Crippen LogP contribution in [0.2, 0.25) is 15.1 Å². The predicted molar refractivity (Wildman–Crippen MR) is 269 cm³/mol. The fourth-order valence-corrected chi connectivity index (χ4v) is 10.3. The molecule has 2 aromatic carbocycles. The Morgan fingerprint density at radius 2 is 1.31 bits per heavy atom. The Labute approximate surface area is 414 Å². The first-order valence-electron chi connectivity index (χ1n) is 24.2. The molecule has 0 aromatic heterocycles. The van der Waals surface area contributed by atoms with Crippen molar-refractivity contribution in [2.75, 3.05) is 73.1 Å². The normalized spacial score (nSPS) is 20.5. The monoisotopic (exact) mass is 988 g/mol. The van der Waals surface area contributed by atoms with E-state index in [1.807, 2.05) is 24.8 Å². The van der Waals surface area contributed by atoms with Crippen LogP contribution in [0.3, 0.4) is 0 Å². The van der Waals surface area contributed by atoms with Gasteiger partial charge in [-0.1, -0.05) is 66.8 Å². The summed E-state index contributed by atoms with van der Waals surface area (Å²) in [7, 11) is 3.10. The van der Waals surface area contributed by atoms with E-state index in [0.29, 0.717) is 44.8 Å². The number of aryl methyl sites for hydroxylation is 1. The molecule has 4 heterocycles. The first-order valence-corrected chi connectivity index (χ1v) is 25.4. The van der Waals surface area contributed by atoms with Crippen molar-refractivity contribution < 1.29 is 28.8 Å². The second kappa shape index (κ2) is 28.5. The van der Waals surface area contributed by atoms with Gasteiger partial charge in [-0.05, 0) is 126 Å². The van der Waals surface area contributed by atoms with Gasteiger partial charge in [-0.15, -0.1) is 0 Å². The molecular weight excluding hydrogens is 915 g/mol. The van der Waals surface area contributed by atoms with Gasteiger partial charge in [0.15, 0.2) is 0 Å². The largest absolute Gasteiger partial charge is 0.399 e. The van der Waals surface area contributed by atoms with Gasteiger partial charge < -0.3 is 40.8 Å². The molecule has 2 aromatic rings. The number of hydrogen-bond donors (Lipinski definition) is 3. The Morgan fingerprint density at radius 1 is 0.776 bits per heavy atom. The lowest BCUT2D eigenvalue weighted by molar-refractivity contribution is -0.144. The van der Waals surface area contributed by atoms with Crippen molar-refractivity contribution >= 4 is 70.1 Å². The van der Waals surface area contributed by atoms with Crippen LogP contribution in [0.25, 0.3) is 0 Å². The summed E-state index contributed by atoms with van der Waals surface area (Å²) in [6.45, 7) is 16.9. The average Bonchev–Trinajstić information content (AvgIpc) is 3.30. The van der Waals surface area contributed by atoms with Gasteiger partial charge in [0.25, 0.3) is 5.91 Å². The lowest BCUT2D eigenvalue weighted by Gasteiger charge is -2.42. The van der Waals surface area contributed by atoms with Gasteiger partial charge in [0.05, 0.1) is 22.3 Å². The molecule has 0 radical (unpaired) electrons. The highest BCUT2D eigenvalue weighted by atomic mass is 35.5. The molecule has 3 atom stereocenters. The maximum absolute atomic E-state index is 12.6. The van der Waals surface area contributed by atoms with E-state index >= 15 is 0 Å². The number of rotatable bonds is 16. The smallest absolute Gasteiger partial charge is 0.251 e. The zero-order chi connectivity index (χ0) is 49.0. The molecule has 4 fully saturated rings. The topological polar surface area (TPSA) is 170 Å². The molecule has 4 aliphatic heterocycles. The molecule has 372 valence electrons. The van der Waals surface area contributed by atoms with Gasteiger partial charge in [0.1, 0.15) is 7.11 Å². The van der Waals surface area contributed by atoms with E-state index in [-0.39, 0.29) is 60.3 Å². The first kappa shape index (κ1) is 55.6. The summed E-state index contributed by atoms with van der Waals surface area (Å²) in [4.78, 5) is 74.1. The van der Waals surface area contributed by atoms with Crippen molar-refractivity contribution in [3.63, 3.8) is 0 Å². The van der Waals surface area contributed by atoms with Crippen LogP contribution < -0.4 is 16.4 Å². The molecule has 4 N–H and O–H groups in total. The number of carbonyl (C=O) groups is 5. The van der Waals surface area contributed by atoms with Crippen molar-refractivity contribution in [2.24, 2.45) is 22.7 Å². The van der Waals surface area contributed by atoms with Crippen LogP contribution in [0.15, 0.2) is 41.6 Å². The van der Waals surface area contributed by atoms with Gasteiger partial charge in [0, 0.05) is 99.6 Å². The summed E-state index contributed by atoms with van der Waals surface area (Å²) in [5.74, 6) is -0.645. The number of oxime groups is 1. The highest BCUT2D eigenvalue weighted by molar-refractivity contribution is 6.42. The minimum atomic E-state index is -0.358. The molecule has 17 heteroatoms. The number of likely N-dealkylation sites (tertiary alicyclic amines) is 4. The number of amides is 5. The number of benzene rings is 2. The van der Waals surface area contributed by atoms with E-state index in [2.05, 4.69) is 44.3 Å². The molecular formula is C50H75Cl3N8O6. The van der Waals surface area contributed by atoms with Crippen LogP contribution in [0, 0.1) is 18.8 Å². The molecule has 5 amide bonds. The summed E-state index contributed by atoms with van der Waals surface area (Å²) in [6, 6.07) is 11.3.